The predicted molar refractivity (Wildman–Crippen MR) is 67.2 cm³/mol. The van der Waals surface area contributed by atoms with Crippen LogP contribution in [0, 0.1) is 13.8 Å². The van der Waals surface area contributed by atoms with Crippen molar-refractivity contribution in [1.29, 1.82) is 0 Å². The molecule has 1 fully saturated rings. The fourth-order valence-electron chi connectivity index (χ4n) is 2.13. The SMILES string of the molecule is Cc1ncc(N2CCCCC2CCl)nc1C. The van der Waals surface area contributed by atoms with Crippen molar-refractivity contribution >= 4 is 17.4 Å². The molecular weight excluding hydrogens is 222 g/mol. The van der Waals surface area contributed by atoms with E-state index in [2.05, 4.69) is 14.9 Å². The van der Waals surface area contributed by atoms with Crippen molar-refractivity contribution in [2.24, 2.45) is 0 Å². The van der Waals surface area contributed by atoms with Crippen LogP contribution in [0.3, 0.4) is 0 Å². The van der Waals surface area contributed by atoms with E-state index >= 15 is 0 Å². The van der Waals surface area contributed by atoms with Gasteiger partial charge in [0.2, 0.25) is 0 Å². The highest BCUT2D eigenvalue weighted by Gasteiger charge is 2.23. The van der Waals surface area contributed by atoms with Crippen molar-refractivity contribution in [3.63, 3.8) is 0 Å². The summed E-state index contributed by atoms with van der Waals surface area (Å²) < 4.78 is 0. The highest BCUT2D eigenvalue weighted by Crippen LogP contribution is 2.23. The molecular formula is C12H18ClN3. The van der Waals surface area contributed by atoms with Gasteiger partial charge in [-0.15, -0.1) is 11.6 Å². The quantitative estimate of drug-likeness (QED) is 0.743. The molecule has 1 saturated heterocycles. The third-order valence-electron chi connectivity index (χ3n) is 3.28. The molecule has 1 aromatic rings. The molecule has 2 rings (SSSR count). The van der Waals surface area contributed by atoms with Crippen LogP contribution in [0.2, 0.25) is 0 Å². The van der Waals surface area contributed by atoms with Crippen LogP contribution in [0.15, 0.2) is 6.20 Å². The van der Waals surface area contributed by atoms with Gasteiger partial charge in [0, 0.05) is 18.5 Å². The third kappa shape index (κ3) is 2.29. The fraction of sp³-hybridized carbons (Fsp3) is 0.667. The van der Waals surface area contributed by atoms with Crippen LogP contribution in [0.25, 0.3) is 0 Å². The summed E-state index contributed by atoms with van der Waals surface area (Å²) in [7, 11) is 0. The standard InChI is InChI=1S/C12H18ClN3/c1-9-10(2)15-12(8-14-9)16-6-4-3-5-11(16)7-13/h8,11H,3-7H2,1-2H3. The highest BCUT2D eigenvalue weighted by atomic mass is 35.5. The van der Waals surface area contributed by atoms with E-state index in [-0.39, 0.29) is 0 Å². The van der Waals surface area contributed by atoms with Gasteiger partial charge in [-0.05, 0) is 33.1 Å². The Morgan fingerprint density at radius 1 is 1.38 bits per heavy atom. The topological polar surface area (TPSA) is 29.0 Å². The molecule has 2 heterocycles. The van der Waals surface area contributed by atoms with E-state index < -0.39 is 0 Å². The van der Waals surface area contributed by atoms with Gasteiger partial charge >= 0.3 is 0 Å². The molecule has 1 unspecified atom stereocenters. The van der Waals surface area contributed by atoms with Crippen LogP contribution >= 0.6 is 11.6 Å². The minimum atomic E-state index is 0.423. The zero-order valence-corrected chi connectivity index (χ0v) is 10.7. The van der Waals surface area contributed by atoms with Gasteiger partial charge in [0.15, 0.2) is 0 Å². The van der Waals surface area contributed by atoms with Crippen molar-refractivity contribution in [2.75, 3.05) is 17.3 Å². The maximum atomic E-state index is 6.01. The van der Waals surface area contributed by atoms with Crippen LogP contribution in [-0.4, -0.2) is 28.4 Å². The minimum Gasteiger partial charge on any atom is -0.351 e. The van der Waals surface area contributed by atoms with Crippen molar-refractivity contribution in [3.8, 4) is 0 Å². The number of piperidine rings is 1. The lowest BCUT2D eigenvalue weighted by atomic mass is 10.0. The highest BCUT2D eigenvalue weighted by molar-refractivity contribution is 6.18. The van der Waals surface area contributed by atoms with Crippen LogP contribution in [0.1, 0.15) is 30.7 Å². The van der Waals surface area contributed by atoms with E-state index in [4.69, 9.17) is 11.6 Å². The van der Waals surface area contributed by atoms with Crippen LogP contribution < -0.4 is 4.90 Å². The Labute approximate surface area is 102 Å². The number of halogens is 1. The summed E-state index contributed by atoms with van der Waals surface area (Å²) in [5.41, 5.74) is 2.01. The fourth-order valence-corrected chi connectivity index (χ4v) is 2.45. The number of hydrogen-bond acceptors (Lipinski definition) is 3. The first-order valence-corrected chi connectivity index (χ1v) is 6.38. The summed E-state index contributed by atoms with van der Waals surface area (Å²) >= 11 is 6.01. The van der Waals surface area contributed by atoms with Crippen LogP contribution in [-0.2, 0) is 0 Å². The maximum Gasteiger partial charge on any atom is 0.147 e. The van der Waals surface area contributed by atoms with Crippen LogP contribution in [0.5, 0.6) is 0 Å². The van der Waals surface area contributed by atoms with Gasteiger partial charge in [0.25, 0.3) is 0 Å². The van der Waals surface area contributed by atoms with Crippen molar-refractivity contribution in [1.82, 2.24) is 9.97 Å². The van der Waals surface area contributed by atoms with Gasteiger partial charge in [-0.2, -0.15) is 0 Å². The minimum absolute atomic E-state index is 0.423. The second kappa shape index (κ2) is 5.00. The number of nitrogens with zero attached hydrogens (tertiary/aromatic N) is 3. The Hall–Kier alpha value is -0.830. The molecule has 0 aromatic carbocycles. The molecule has 3 nitrogen and oxygen atoms in total. The third-order valence-corrected chi connectivity index (χ3v) is 3.64. The molecule has 0 spiro atoms. The van der Waals surface area contributed by atoms with E-state index in [1.807, 2.05) is 20.0 Å². The molecule has 0 radical (unpaired) electrons. The Balaban J connectivity index is 2.23. The van der Waals surface area contributed by atoms with Gasteiger partial charge in [-0.3, -0.25) is 4.98 Å². The summed E-state index contributed by atoms with van der Waals surface area (Å²) in [5.74, 6) is 1.66. The first kappa shape index (κ1) is 11.6. The summed E-state index contributed by atoms with van der Waals surface area (Å²) in [4.78, 5) is 11.3. The van der Waals surface area contributed by atoms with Gasteiger partial charge in [-0.1, -0.05) is 0 Å². The zero-order valence-electron chi connectivity index (χ0n) is 9.91. The van der Waals surface area contributed by atoms with Crippen molar-refractivity contribution < 1.29 is 0 Å². The number of alkyl halides is 1. The van der Waals surface area contributed by atoms with Crippen molar-refractivity contribution in [3.05, 3.63) is 17.6 Å². The molecule has 88 valence electrons. The number of aryl methyl sites for hydroxylation is 2. The number of anilines is 1. The molecule has 0 aliphatic carbocycles. The summed E-state index contributed by atoms with van der Waals surface area (Å²) in [6.07, 6.45) is 5.53. The normalized spacial score (nSPS) is 21.2. The smallest absolute Gasteiger partial charge is 0.147 e. The molecule has 1 aliphatic heterocycles. The Bertz CT molecular complexity index is 367. The van der Waals surface area contributed by atoms with E-state index in [1.54, 1.807) is 0 Å². The van der Waals surface area contributed by atoms with Gasteiger partial charge in [0.1, 0.15) is 5.82 Å². The maximum absolute atomic E-state index is 6.01. The van der Waals surface area contributed by atoms with Gasteiger partial charge in [0.05, 0.1) is 17.6 Å². The predicted octanol–water partition coefficient (Wildman–Crippen LogP) is 2.69. The summed E-state index contributed by atoms with van der Waals surface area (Å²) in [5, 5.41) is 0. The Morgan fingerprint density at radius 3 is 2.88 bits per heavy atom. The second-order valence-corrected chi connectivity index (χ2v) is 4.70. The lowest BCUT2D eigenvalue weighted by Gasteiger charge is -2.35. The molecule has 1 aliphatic rings. The number of aromatic nitrogens is 2. The van der Waals surface area contributed by atoms with E-state index in [1.165, 1.54) is 12.8 Å². The van der Waals surface area contributed by atoms with Gasteiger partial charge in [-0.25, -0.2) is 4.98 Å². The molecule has 4 heteroatoms. The largest absolute Gasteiger partial charge is 0.351 e. The first-order chi connectivity index (χ1) is 7.72. The van der Waals surface area contributed by atoms with E-state index in [0.29, 0.717) is 11.9 Å². The number of rotatable bonds is 2. The summed E-state index contributed by atoms with van der Waals surface area (Å²) in [6, 6.07) is 0.423. The van der Waals surface area contributed by atoms with E-state index in [0.717, 1.165) is 30.2 Å². The molecule has 0 amide bonds. The molecule has 16 heavy (non-hydrogen) atoms. The first-order valence-electron chi connectivity index (χ1n) is 5.85. The Kier molecular flexibility index (Phi) is 3.64. The average Bonchev–Trinajstić information content (AvgIpc) is 2.32. The molecule has 0 N–H and O–H groups in total. The van der Waals surface area contributed by atoms with Gasteiger partial charge < -0.3 is 4.90 Å². The lowest BCUT2D eigenvalue weighted by Crippen LogP contribution is -2.41. The lowest BCUT2D eigenvalue weighted by molar-refractivity contribution is 0.483. The zero-order chi connectivity index (χ0) is 11.5. The van der Waals surface area contributed by atoms with E-state index in [9.17, 15) is 0 Å². The van der Waals surface area contributed by atoms with Crippen molar-refractivity contribution in [2.45, 2.75) is 39.2 Å². The average molecular weight is 240 g/mol. The molecule has 0 bridgehead atoms. The molecule has 0 saturated carbocycles. The number of hydrogen-bond donors (Lipinski definition) is 0. The Morgan fingerprint density at radius 2 is 2.19 bits per heavy atom. The molecule has 1 atom stereocenters. The van der Waals surface area contributed by atoms with Crippen LogP contribution in [0.4, 0.5) is 5.82 Å². The summed E-state index contributed by atoms with van der Waals surface area (Å²) in [6.45, 7) is 5.04. The molecule has 1 aromatic heterocycles. The second-order valence-electron chi connectivity index (χ2n) is 4.40. The monoisotopic (exact) mass is 239 g/mol.